The van der Waals surface area contributed by atoms with Crippen LogP contribution in [0.25, 0.3) is 10.5 Å². The third-order valence-electron chi connectivity index (χ3n) is 10.2. The number of hydrogen-bond donors (Lipinski definition) is 0. The van der Waals surface area contributed by atoms with Crippen LogP contribution in [0.1, 0.15) is 16.7 Å². The highest BCUT2D eigenvalue weighted by molar-refractivity contribution is 8.23. The first-order valence-electron chi connectivity index (χ1n) is 17.6. The van der Waals surface area contributed by atoms with Gasteiger partial charge in [0.2, 0.25) is 0 Å². The highest BCUT2D eigenvalue weighted by Crippen LogP contribution is 2.50. The Bertz CT molecular complexity index is 2300. The van der Waals surface area contributed by atoms with Crippen molar-refractivity contribution < 1.29 is 0 Å². The smallest absolute Gasteiger partial charge is 0.179 e. The van der Waals surface area contributed by atoms with Crippen LogP contribution in [0.4, 0.5) is 17.1 Å². The van der Waals surface area contributed by atoms with E-state index in [-0.39, 0.29) is 10.5 Å². The Kier molecular flexibility index (Phi) is 8.29. The molecule has 0 aliphatic carbocycles. The lowest BCUT2D eigenvalue weighted by atomic mass is 10.0. The van der Waals surface area contributed by atoms with Gasteiger partial charge in [-0.2, -0.15) is 0 Å². The van der Waals surface area contributed by atoms with Gasteiger partial charge >= 0.3 is 0 Å². The molecule has 0 saturated heterocycles. The van der Waals surface area contributed by atoms with Crippen molar-refractivity contribution in [3.63, 3.8) is 0 Å². The van der Waals surface area contributed by atoms with Crippen molar-refractivity contribution in [2.75, 3.05) is 4.90 Å². The molecule has 0 N–H and O–H groups in total. The standard InChI is InChI=1S/C48H37NSSi/c1-6-16-37(17-7-1)38-26-33-48-47-32-29-42(34-39(47)36-50(48)35-38)49(40-18-8-2-9-19-40)41-27-30-46(31-28-41)51(43-20-10-3-11-21-43,44-22-12-4-13-23-44)45-24-14-5-15-25-45/h1-35H,36H2. The molecule has 2 aliphatic rings. The predicted molar refractivity (Wildman–Crippen MR) is 224 cm³/mol. The minimum Gasteiger partial charge on any atom is -0.310 e. The Labute approximate surface area is 304 Å². The molecule has 0 fully saturated rings. The zero-order valence-electron chi connectivity index (χ0n) is 28.3. The van der Waals surface area contributed by atoms with E-state index in [9.17, 15) is 0 Å². The number of para-hydroxylation sites is 1. The quantitative estimate of drug-likeness (QED) is 0.0874. The van der Waals surface area contributed by atoms with E-state index in [2.05, 4.69) is 217 Å². The summed E-state index contributed by atoms with van der Waals surface area (Å²) in [5.74, 6) is 1.04. The van der Waals surface area contributed by atoms with Gasteiger partial charge in [0.15, 0.2) is 8.07 Å². The summed E-state index contributed by atoms with van der Waals surface area (Å²) in [5.41, 5.74) is 8.90. The van der Waals surface area contributed by atoms with Gasteiger partial charge in [0.05, 0.1) is 0 Å². The van der Waals surface area contributed by atoms with Crippen LogP contribution in [0.3, 0.4) is 0 Å². The van der Waals surface area contributed by atoms with Gasteiger partial charge in [-0.1, -0.05) is 164 Å². The molecule has 0 bridgehead atoms. The van der Waals surface area contributed by atoms with E-state index in [1.54, 1.807) is 0 Å². The third kappa shape index (κ3) is 5.65. The monoisotopic (exact) mass is 687 g/mol. The van der Waals surface area contributed by atoms with Crippen LogP contribution in [-0.2, 0) is 5.75 Å². The first kappa shape index (κ1) is 31.3. The number of nitrogens with zero attached hydrogens (tertiary/aromatic N) is 1. The maximum atomic E-state index is 2.49. The summed E-state index contributed by atoms with van der Waals surface area (Å²) in [5, 5.41) is 8.00. The second-order valence-electron chi connectivity index (χ2n) is 13.1. The molecule has 7 aromatic carbocycles. The lowest BCUT2D eigenvalue weighted by Crippen LogP contribution is -2.74. The lowest BCUT2D eigenvalue weighted by Gasteiger charge is -2.35. The molecule has 0 radical (unpaired) electrons. The van der Waals surface area contributed by atoms with Crippen LogP contribution >= 0.6 is 10.5 Å². The van der Waals surface area contributed by atoms with E-state index < -0.39 is 8.07 Å². The molecule has 9 rings (SSSR count). The fourth-order valence-corrected chi connectivity index (χ4v) is 14.8. The molecule has 51 heavy (non-hydrogen) atoms. The SMILES string of the molecule is C1=C(c2ccccc2)C=S2Cc3cc(N(c4ccccc4)c4ccc([Si](c5ccccc5)(c5ccccc5)c5ccccc5)cc4)ccc3C2=C1. The summed E-state index contributed by atoms with van der Waals surface area (Å²) in [7, 11) is -2.55. The number of allylic oxidation sites excluding steroid dienone is 3. The second kappa shape index (κ2) is 13.5. The molecule has 1 nitrogen and oxygen atoms in total. The molecule has 244 valence electrons. The fraction of sp³-hybridized carbons (Fsp3) is 0.0208. The number of fused-ring (bicyclic) bond motifs is 3. The van der Waals surface area contributed by atoms with E-state index in [0.29, 0.717) is 0 Å². The minimum atomic E-state index is -2.61. The van der Waals surface area contributed by atoms with Gasteiger partial charge in [-0.3, -0.25) is 0 Å². The molecule has 0 spiro atoms. The molecular formula is C48H37NSSi. The Hall–Kier alpha value is -5.74. The Morgan fingerprint density at radius 1 is 0.431 bits per heavy atom. The molecule has 0 aromatic heterocycles. The largest absolute Gasteiger partial charge is 0.310 e. The molecule has 2 aliphatic heterocycles. The first-order valence-corrected chi connectivity index (χ1v) is 21.0. The van der Waals surface area contributed by atoms with E-state index in [4.69, 9.17) is 0 Å². The van der Waals surface area contributed by atoms with Crippen LogP contribution in [-0.4, -0.2) is 13.4 Å². The highest BCUT2D eigenvalue weighted by atomic mass is 32.2. The number of rotatable bonds is 8. The zero-order chi connectivity index (χ0) is 34.0. The Morgan fingerprint density at radius 3 is 1.47 bits per heavy atom. The van der Waals surface area contributed by atoms with Crippen LogP contribution in [0.2, 0.25) is 0 Å². The van der Waals surface area contributed by atoms with Gasteiger partial charge in [0, 0.05) is 27.7 Å². The first-order chi connectivity index (χ1) is 25.3. The minimum absolute atomic E-state index is 0.0632. The van der Waals surface area contributed by atoms with Crippen molar-refractivity contribution in [2.24, 2.45) is 0 Å². The predicted octanol–water partition coefficient (Wildman–Crippen LogP) is 9.56. The highest BCUT2D eigenvalue weighted by Gasteiger charge is 2.41. The van der Waals surface area contributed by atoms with Gasteiger partial charge < -0.3 is 4.90 Å². The molecular weight excluding hydrogens is 651 g/mol. The molecule has 0 saturated carbocycles. The molecule has 0 amide bonds. The fourth-order valence-electron chi connectivity index (χ4n) is 7.85. The summed E-state index contributed by atoms with van der Waals surface area (Å²) in [6.07, 6.45) is 4.64. The van der Waals surface area contributed by atoms with Crippen molar-refractivity contribution in [2.45, 2.75) is 5.75 Å². The van der Waals surface area contributed by atoms with Gasteiger partial charge in [0.1, 0.15) is 0 Å². The van der Waals surface area contributed by atoms with Gasteiger partial charge in [-0.05, 0) is 90.9 Å². The summed E-state index contributed by atoms with van der Waals surface area (Å²) in [4.78, 5) is 3.87. The van der Waals surface area contributed by atoms with Crippen LogP contribution < -0.4 is 25.6 Å². The summed E-state index contributed by atoms with van der Waals surface area (Å²) >= 11 is 0. The van der Waals surface area contributed by atoms with Crippen LogP contribution in [0.15, 0.2) is 206 Å². The Balaban J connectivity index is 1.14. The van der Waals surface area contributed by atoms with E-state index in [1.807, 2.05) is 0 Å². The van der Waals surface area contributed by atoms with Crippen molar-refractivity contribution in [1.82, 2.24) is 0 Å². The van der Waals surface area contributed by atoms with E-state index >= 15 is 0 Å². The average molecular weight is 688 g/mol. The maximum absolute atomic E-state index is 2.61. The number of hydrogen-bond acceptors (Lipinski definition) is 1. The lowest BCUT2D eigenvalue weighted by molar-refractivity contribution is 1.27. The van der Waals surface area contributed by atoms with Gasteiger partial charge in [0.25, 0.3) is 0 Å². The van der Waals surface area contributed by atoms with Crippen molar-refractivity contribution in [1.29, 1.82) is 0 Å². The van der Waals surface area contributed by atoms with Gasteiger partial charge in [-0.25, -0.2) is 0 Å². The molecule has 1 atom stereocenters. The van der Waals surface area contributed by atoms with Crippen LogP contribution in [0.5, 0.6) is 0 Å². The Morgan fingerprint density at radius 2 is 0.902 bits per heavy atom. The molecule has 1 unspecified atom stereocenters. The van der Waals surface area contributed by atoms with E-state index in [1.165, 1.54) is 53.6 Å². The average Bonchev–Trinajstić information content (AvgIpc) is 3.58. The summed E-state index contributed by atoms with van der Waals surface area (Å²) < 4.78 is 0. The summed E-state index contributed by atoms with van der Waals surface area (Å²) in [6.45, 7) is 0. The third-order valence-corrected chi connectivity index (χ3v) is 17.1. The zero-order valence-corrected chi connectivity index (χ0v) is 30.1. The number of anilines is 3. The van der Waals surface area contributed by atoms with Crippen LogP contribution in [0, 0.1) is 0 Å². The van der Waals surface area contributed by atoms with Gasteiger partial charge in [-0.15, -0.1) is 10.5 Å². The summed E-state index contributed by atoms with van der Waals surface area (Å²) in [6, 6.07) is 71.5. The van der Waals surface area contributed by atoms with Crippen molar-refractivity contribution in [3.8, 4) is 0 Å². The molecule has 2 heterocycles. The number of benzene rings is 7. The van der Waals surface area contributed by atoms with E-state index in [0.717, 1.165) is 17.1 Å². The normalized spacial score (nSPS) is 14.8. The topological polar surface area (TPSA) is 3.24 Å². The van der Waals surface area contributed by atoms with Crippen molar-refractivity contribution >= 4 is 72.2 Å². The molecule has 3 heteroatoms. The second-order valence-corrected chi connectivity index (χ2v) is 18.7. The van der Waals surface area contributed by atoms with Crippen molar-refractivity contribution in [3.05, 3.63) is 223 Å². The maximum Gasteiger partial charge on any atom is 0.179 e. The molecule has 7 aromatic rings.